The predicted molar refractivity (Wildman–Crippen MR) is 39.5 cm³/mol. The largest absolute Gasteiger partial charge is 0.394 e. The normalized spacial score (nSPS) is 49.2. The zero-order valence-corrected chi connectivity index (χ0v) is 6.84. The van der Waals surface area contributed by atoms with Crippen molar-refractivity contribution in [2.24, 2.45) is 0 Å². The van der Waals surface area contributed by atoms with Crippen molar-refractivity contribution in [1.82, 2.24) is 0 Å². The molecule has 0 aromatic rings. The van der Waals surface area contributed by atoms with Crippen molar-refractivity contribution in [3.8, 4) is 0 Å². The molecule has 1 rings (SSSR count). The molecule has 0 radical (unpaired) electrons. The second kappa shape index (κ2) is 3.27. The molecular formula is C7H14O5. The Hall–Kier alpha value is -0.200. The van der Waals surface area contributed by atoms with E-state index in [1.165, 1.54) is 6.92 Å². The monoisotopic (exact) mass is 178 g/mol. The lowest BCUT2D eigenvalue weighted by Gasteiger charge is -2.40. The van der Waals surface area contributed by atoms with Crippen molar-refractivity contribution in [1.29, 1.82) is 0 Å². The summed E-state index contributed by atoms with van der Waals surface area (Å²) in [5.74, 6) is 0. The maximum absolute atomic E-state index is 9.41. The van der Waals surface area contributed by atoms with Gasteiger partial charge in [-0.3, -0.25) is 0 Å². The Morgan fingerprint density at radius 2 is 2.08 bits per heavy atom. The third-order valence-corrected chi connectivity index (χ3v) is 2.11. The molecule has 5 nitrogen and oxygen atoms in total. The minimum Gasteiger partial charge on any atom is -0.394 e. The number of hydrogen-bond acceptors (Lipinski definition) is 5. The molecule has 0 bridgehead atoms. The summed E-state index contributed by atoms with van der Waals surface area (Å²) < 4.78 is 4.92. The average molecular weight is 178 g/mol. The van der Waals surface area contributed by atoms with Gasteiger partial charge in [-0.15, -0.1) is 0 Å². The van der Waals surface area contributed by atoms with E-state index in [1.54, 1.807) is 0 Å². The molecule has 5 heteroatoms. The summed E-state index contributed by atoms with van der Waals surface area (Å²) in [4.78, 5) is 0. The van der Waals surface area contributed by atoms with Gasteiger partial charge in [0.15, 0.2) is 0 Å². The van der Waals surface area contributed by atoms with Gasteiger partial charge in [0.2, 0.25) is 0 Å². The average Bonchev–Trinajstić information content (AvgIpc) is 2.01. The Morgan fingerprint density at radius 1 is 1.50 bits per heavy atom. The van der Waals surface area contributed by atoms with Crippen LogP contribution in [0.15, 0.2) is 0 Å². The molecule has 0 saturated carbocycles. The number of aliphatic hydroxyl groups is 4. The lowest BCUT2D eigenvalue weighted by molar-refractivity contribution is -0.233. The van der Waals surface area contributed by atoms with E-state index in [2.05, 4.69) is 0 Å². The third kappa shape index (κ3) is 1.60. The molecule has 12 heavy (non-hydrogen) atoms. The van der Waals surface area contributed by atoms with Gasteiger partial charge in [-0.2, -0.15) is 0 Å². The van der Waals surface area contributed by atoms with Crippen molar-refractivity contribution >= 4 is 0 Å². The third-order valence-electron chi connectivity index (χ3n) is 2.11. The standard InChI is InChI=1S/C7H14O5/c1-7(11)3-12-4(2-8)5(9)6(7)10/h4-6,8-11H,2-3H2,1H3/t4-,5-,6+,7-/m1/s1. The van der Waals surface area contributed by atoms with E-state index in [-0.39, 0.29) is 13.2 Å². The molecule has 0 amide bonds. The molecule has 1 saturated heterocycles. The second-order valence-corrected chi connectivity index (χ2v) is 3.32. The number of ether oxygens (including phenoxy) is 1. The Morgan fingerprint density at radius 3 is 2.58 bits per heavy atom. The van der Waals surface area contributed by atoms with Crippen molar-refractivity contribution in [3.63, 3.8) is 0 Å². The van der Waals surface area contributed by atoms with E-state index in [4.69, 9.17) is 9.84 Å². The van der Waals surface area contributed by atoms with Gasteiger partial charge in [-0.1, -0.05) is 0 Å². The second-order valence-electron chi connectivity index (χ2n) is 3.32. The van der Waals surface area contributed by atoms with Crippen LogP contribution in [0.3, 0.4) is 0 Å². The summed E-state index contributed by atoms with van der Waals surface area (Å²) in [6.07, 6.45) is -3.32. The van der Waals surface area contributed by atoms with Gasteiger partial charge < -0.3 is 25.2 Å². The van der Waals surface area contributed by atoms with E-state index in [9.17, 15) is 15.3 Å². The van der Waals surface area contributed by atoms with Crippen LogP contribution in [0, 0.1) is 0 Å². The van der Waals surface area contributed by atoms with E-state index >= 15 is 0 Å². The summed E-state index contributed by atoms with van der Waals surface area (Å²) in [6, 6.07) is 0. The molecule has 1 fully saturated rings. The van der Waals surface area contributed by atoms with E-state index < -0.39 is 23.9 Å². The van der Waals surface area contributed by atoms with Gasteiger partial charge in [-0.25, -0.2) is 0 Å². The first-order valence-electron chi connectivity index (χ1n) is 3.80. The maximum Gasteiger partial charge on any atom is 0.114 e. The molecule has 0 unspecified atom stereocenters. The van der Waals surface area contributed by atoms with Gasteiger partial charge in [0, 0.05) is 0 Å². The van der Waals surface area contributed by atoms with Gasteiger partial charge in [0.05, 0.1) is 13.2 Å². The Balaban J connectivity index is 2.65. The van der Waals surface area contributed by atoms with E-state index in [0.29, 0.717) is 0 Å². The Labute approximate surface area is 70.2 Å². The maximum atomic E-state index is 9.41. The molecule has 0 aromatic heterocycles. The van der Waals surface area contributed by atoms with Crippen LogP contribution in [0.1, 0.15) is 6.92 Å². The first-order chi connectivity index (χ1) is 5.49. The highest BCUT2D eigenvalue weighted by molar-refractivity contribution is 4.94. The fourth-order valence-corrected chi connectivity index (χ4v) is 1.19. The van der Waals surface area contributed by atoms with Gasteiger partial charge in [0.25, 0.3) is 0 Å². The molecule has 1 aliphatic rings. The van der Waals surface area contributed by atoms with Crippen LogP contribution in [0.2, 0.25) is 0 Å². The molecule has 0 spiro atoms. The van der Waals surface area contributed by atoms with Crippen molar-refractivity contribution in [3.05, 3.63) is 0 Å². The lowest BCUT2D eigenvalue weighted by atomic mass is 9.90. The fourth-order valence-electron chi connectivity index (χ4n) is 1.19. The van der Waals surface area contributed by atoms with Crippen molar-refractivity contribution in [2.75, 3.05) is 13.2 Å². The number of rotatable bonds is 1. The van der Waals surface area contributed by atoms with Gasteiger partial charge in [0.1, 0.15) is 23.9 Å². The van der Waals surface area contributed by atoms with Crippen LogP contribution in [0.4, 0.5) is 0 Å². The Bertz CT molecular complexity index is 158. The van der Waals surface area contributed by atoms with Crippen LogP contribution >= 0.6 is 0 Å². The molecule has 0 aromatic carbocycles. The van der Waals surface area contributed by atoms with E-state index in [0.717, 1.165) is 0 Å². The Kier molecular flexibility index (Phi) is 2.70. The van der Waals surface area contributed by atoms with Crippen molar-refractivity contribution in [2.45, 2.75) is 30.8 Å². The molecule has 0 aliphatic carbocycles. The predicted octanol–water partition coefficient (Wildman–Crippen LogP) is -2.15. The zero-order chi connectivity index (χ0) is 9.35. The summed E-state index contributed by atoms with van der Waals surface area (Å²) in [6.45, 7) is 0.916. The topological polar surface area (TPSA) is 90.2 Å². The SMILES string of the molecule is C[C@@]1(O)CO[C@H](CO)[C@@H](O)[C@@H]1O. The van der Waals surface area contributed by atoms with E-state index in [1.807, 2.05) is 0 Å². The zero-order valence-electron chi connectivity index (χ0n) is 6.84. The fraction of sp³-hybridized carbons (Fsp3) is 1.00. The molecule has 4 atom stereocenters. The van der Waals surface area contributed by atoms with Crippen LogP contribution < -0.4 is 0 Å². The summed E-state index contributed by atoms with van der Waals surface area (Å²) >= 11 is 0. The van der Waals surface area contributed by atoms with Gasteiger partial charge in [-0.05, 0) is 6.92 Å². The first-order valence-corrected chi connectivity index (χ1v) is 3.80. The minimum absolute atomic E-state index is 0.0869. The van der Waals surface area contributed by atoms with Crippen LogP contribution in [0.25, 0.3) is 0 Å². The molecule has 1 heterocycles. The molecular weight excluding hydrogens is 164 g/mol. The van der Waals surface area contributed by atoms with Crippen LogP contribution in [0.5, 0.6) is 0 Å². The van der Waals surface area contributed by atoms with Crippen molar-refractivity contribution < 1.29 is 25.2 Å². The number of hydrogen-bond donors (Lipinski definition) is 4. The smallest absolute Gasteiger partial charge is 0.114 e. The summed E-state index contributed by atoms with van der Waals surface area (Å²) in [5, 5.41) is 36.7. The lowest BCUT2D eigenvalue weighted by Crippen LogP contribution is -2.60. The minimum atomic E-state index is -1.44. The highest BCUT2D eigenvalue weighted by Gasteiger charge is 2.44. The quantitative estimate of drug-likeness (QED) is 0.367. The van der Waals surface area contributed by atoms with Crippen LogP contribution in [-0.2, 0) is 4.74 Å². The van der Waals surface area contributed by atoms with Crippen LogP contribution in [-0.4, -0.2) is 57.6 Å². The van der Waals surface area contributed by atoms with Gasteiger partial charge >= 0.3 is 0 Å². The number of aliphatic hydroxyl groups excluding tert-OH is 3. The highest BCUT2D eigenvalue weighted by Crippen LogP contribution is 2.23. The summed E-state index contributed by atoms with van der Waals surface area (Å²) in [7, 11) is 0. The highest BCUT2D eigenvalue weighted by atomic mass is 16.5. The molecule has 4 N–H and O–H groups in total. The first kappa shape index (κ1) is 9.88. The molecule has 72 valence electrons. The molecule has 1 aliphatic heterocycles. The summed E-state index contributed by atoms with van der Waals surface area (Å²) in [5.41, 5.74) is -1.44.